The summed E-state index contributed by atoms with van der Waals surface area (Å²) in [5.74, 6) is 0. The van der Waals surface area contributed by atoms with Gasteiger partial charge in [0.15, 0.2) is 0 Å². The van der Waals surface area contributed by atoms with E-state index in [9.17, 15) is 8.42 Å². The van der Waals surface area contributed by atoms with Crippen molar-refractivity contribution in [2.45, 2.75) is 11.3 Å². The minimum Gasteiger partial charge on any atom is -0.296 e. The first-order valence-corrected chi connectivity index (χ1v) is 7.95. The van der Waals surface area contributed by atoms with Crippen molar-refractivity contribution in [3.8, 4) is 0 Å². The molecule has 1 aromatic carbocycles. The molecule has 6 heteroatoms. The van der Waals surface area contributed by atoms with Crippen LogP contribution in [-0.4, -0.2) is 43.6 Å². The number of pyridine rings is 1. The van der Waals surface area contributed by atoms with Crippen LogP contribution in [0.15, 0.2) is 46.5 Å². The van der Waals surface area contributed by atoms with Crippen molar-refractivity contribution in [1.82, 2.24) is 9.29 Å². The molecular formula is C14H15N3O2S. The smallest absolute Gasteiger partial charge is 0.243 e. The quantitative estimate of drug-likeness (QED) is 0.845. The Bertz CT molecular complexity index is 741. The van der Waals surface area contributed by atoms with Gasteiger partial charge in [-0.3, -0.25) is 9.98 Å². The fourth-order valence-corrected chi connectivity index (χ4v) is 4.02. The first-order chi connectivity index (χ1) is 9.69. The molecule has 0 saturated carbocycles. The molecule has 0 aliphatic carbocycles. The van der Waals surface area contributed by atoms with E-state index >= 15 is 0 Å². The second kappa shape index (κ2) is 5.30. The molecule has 0 saturated heterocycles. The van der Waals surface area contributed by atoms with Crippen LogP contribution in [0, 0.1) is 0 Å². The molecule has 0 unspecified atom stereocenters. The molecule has 0 fully saturated rings. The van der Waals surface area contributed by atoms with Crippen LogP contribution in [-0.2, 0) is 10.0 Å². The van der Waals surface area contributed by atoms with E-state index in [1.165, 1.54) is 4.31 Å². The van der Waals surface area contributed by atoms with E-state index in [4.69, 9.17) is 0 Å². The first kappa shape index (κ1) is 13.2. The molecule has 5 nitrogen and oxygen atoms in total. The summed E-state index contributed by atoms with van der Waals surface area (Å²) < 4.78 is 27.1. The number of hydrogen-bond acceptors (Lipinski definition) is 4. The second-order valence-electron chi connectivity index (χ2n) is 4.63. The maximum absolute atomic E-state index is 12.8. The first-order valence-electron chi connectivity index (χ1n) is 6.51. The molecule has 0 radical (unpaired) electrons. The van der Waals surface area contributed by atoms with Crippen LogP contribution >= 0.6 is 0 Å². The summed E-state index contributed by atoms with van der Waals surface area (Å²) in [7, 11) is -3.49. The van der Waals surface area contributed by atoms with Gasteiger partial charge < -0.3 is 0 Å². The van der Waals surface area contributed by atoms with Crippen LogP contribution in [0.5, 0.6) is 0 Å². The second-order valence-corrected chi connectivity index (χ2v) is 6.54. The van der Waals surface area contributed by atoms with Crippen LogP contribution in [0.25, 0.3) is 10.8 Å². The summed E-state index contributed by atoms with van der Waals surface area (Å²) in [6.45, 7) is 1.43. The Kier molecular flexibility index (Phi) is 3.50. The van der Waals surface area contributed by atoms with Crippen LogP contribution in [0.4, 0.5) is 0 Å². The molecule has 0 spiro atoms. The van der Waals surface area contributed by atoms with Gasteiger partial charge in [-0.05, 0) is 18.6 Å². The van der Waals surface area contributed by atoms with Crippen molar-refractivity contribution >= 4 is 27.0 Å². The lowest BCUT2D eigenvalue weighted by molar-refractivity contribution is 0.435. The van der Waals surface area contributed by atoms with E-state index in [1.807, 2.05) is 6.07 Å². The normalized spacial score (nSPS) is 17.2. The zero-order valence-corrected chi connectivity index (χ0v) is 11.8. The lowest BCUT2D eigenvalue weighted by atomic mass is 10.2. The van der Waals surface area contributed by atoms with Gasteiger partial charge in [0.05, 0.1) is 11.4 Å². The number of rotatable bonds is 2. The van der Waals surface area contributed by atoms with Gasteiger partial charge in [-0.25, -0.2) is 8.42 Å². The average Bonchev–Trinajstić information content (AvgIpc) is 2.76. The largest absolute Gasteiger partial charge is 0.296 e. The zero-order valence-electron chi connectivity index (χ0n) is 10.9. The third-order valence-corrected chi connectivity index (χ3v) is 5.33. The summed E-state index contributed by atoms with van der Waals surface area (Å²) in [4.78, 5) is 8.53. The Hall–Kier alpha value is -1.79. The predicted octanol–water partition coefficient (Wildman–Crippen LogP) is 1.70. The zero-order chi connectivity index (χ0) is 14.0. The lowest BCUT2D eigenvalue weighted by Gasteiger charge is -2.20. The van der Waals surface area contributed by atoms with Crippen molar-refractivity contribution in [3.05, 3.63) is 36.7 Å². The topological polar surface area (TPSA) is 62.6 Å². The van der Waals surface area contributed by atoms with Crippen molar-refractivity contribution in [3.63, 3.8) is 0 Å². The summed E-state index contributed by atoms with van der Waals surface area (Å²) in [5, 5.41) is 1.55. The van der Waals surface area contributed by atoms with Crippen molar-refractivity contribution in [1.29, 1.82) is 0 Å². The monoisotopic (exact) mass is 289 g/mol. The Labute approximate surface area is 118 Å². The van der Waals surface area contributed by atoms with Gasteiger partial charge in [0.1, 0.15) is 0 Å². The number of hydrogen-bond donors (Lipinski definition) is 0. The Morgan fingerprint density at radius 3 is 2.95 bits per heavy atom. The Morgan fingerprint density at radius 1 is 1.15 bits per heavy atom. The minimum atomic E-state index is -3.49. The van der Waals surface area contributed by atoms with E-state index in [0.29, 0.717) is 36.3 Å². The molecule has 1 aliphatic rings. The molecule has 0 N–H and O–H groups in total. The fourth-order valence-electron chi connectivity index (χ4n) is 2.36. The summed E-state index contributed by atoms with van der Waals surface area (Å²) in [6.07, 6.45) is 5.75. The lowest BCUT2D eigenvalue weighted by Crippen LogP contribution is -2.33. The number of fused-ring (bicyclic) bond motifs is 1. The van der Waals surface area contributed by atoms with Crippen molar-refractivity contribution in [2.24, 2.45) is 4.99 Å². The van der Waals surface area contributed by atoms with E-state index in [-0.39, 0.29) is 0 Å². The molecule has 104 valence electrons. The minimum absolute atomic E-state index is 0.347. The average molecular weight is 289 g/mol. The van der Waals surface area contributed by atoms with E-state index in [2.05, 4.69) is 9.98 Å². The summed E-state index contributed by atoms with van der Waals surface area (Å²) in [5.41, 5.74) is 0. The number of nitrogens with zero attached hydrogens (tertiary/aromatic N) is 3. The van der Waals surface area contributed by atoms with E-state index in [0.717, 1.165) is 5.39 Å². The maximum Gasteiger partial charge on any atom is 0.243 e. The van der Waals surface area contributed by atoms with Crippen LogP contribution in [0.1, 0.15) is 6.42 Å². The third kappa shape index (κ3) is 2.32. The van der Waals surface area contributed by atoms with Gasteiger partial charge in [-0.2, -0.15) is 4.31 Å². The Balaban J connectivity index is 2.09. The van der Waals surface area contributed by atoms with Gasteiger partial charge in [0.2, 0.25) is 10.0 Å². The molecule has 0 amide bonds. The van der Waals surface area contributed by atoms with Gasteiger partial charge in [-0.1, -0.05) is 12.1 Å². The SMILES string of the molecule is O=S(=O)(c1cccc2cnccc12)N1CCC=NCC1. The fraction of sp³-hybridized carbons (Fsp3) is 0.286. The molecule has 3 rings (SSSR count). The number of sulfonamides is 1. The summed E-state index contributed by atoms with van der Waals surface area (Å²) in [6, 6.07) is 7.03. The molecule has 20 heavy (non-hydrogen) atoms. The standard InChI is InChI=1S/C14H15N3O2S/c18-20(19,17-9-2-6-15-8-10-17)14-4-1-3-12-11-16-7-5-13(12)14/h1,3-7,11H,2,8-10H2. The molecule has 2 aromatic rings. The highest BCUT2D eigenvalue weighted by atomic mass is 32.2. The predicted molar refractivity (Wildman–Crippen MR) is 78.5 cm³/mol. The van der Waals surface area contributed by atoms with Crippen molar-refractivity contribution < 1.29 is 8.42 Å². The van der Waals surface area contributed by atoms with Gasteiger partial charge in [-0.15, -0.1) is 0 Å². The van der Waals surface area contributed by atoms with Gasteiger partial charge in [0.25, 0.3) is 0 Å². The maximum atomic E-state index is 12.8. The molecular weight excluding hydrogens is 274 g/mol. The molecule has 1 aliphatic heterocycles. The number of aliphatic imine (C=N–C) groups is 1. The van der Waals surface area contributed by atoms with Gasteiger partial charge >= 0.3 is 0 Å². The summed E-state index contributed by atoms with van der Waals surface area (Å²) >= 11 is 0. The number of aromatic nitrogens is 1. The number of benzene rings is 1. The Morgan fingerprint density at radius 2 is 2.05 bits per heavy atom. The molecule has 2 heterocycles. The van der Waals surface area contributed by atoms with Crippen molar-refractivity contribution in [2.75, 3.05) is 19.6 Å². The molecule has 1 aromatic heterocycles. The van der Waals surface area contributed by atoms with Gasteiger partial charge in [0, 0.05) is 42.5 Å². The van der Waals surface area contributed by atoms with Crippen LogP contribution in [0.2, 0.25) is 0 Å². The van der Waals surface area contributed by atoms with E-state index < -0.39 is 10.0 Å². The highest BCUT2D eigenvalue weighted by molar-refractivity contribution is 7.89. The molecule has 0 atom stereocenters. The van der Waals surface area contributed by atoms with E-state index in [1.54, 1.807) is 36.8 Å². The third-order valence-electron chi connectivity index (χ3n) is 3.37. The molecule has 0 bridgehead atoms. The highest BCUT2D eigenvalue weighted by Gasteiger charge is 2.26. The highest BCUT2D eigenvalue weighted by Crippen LogP contribution is 2.25. The van der Waals surface area contributed by atoms with Crippen LogP contribution in [0.3, 0.4) is 0 Å². The van der Waals surface area contributed by atoms with Crippen LogP contribution < -0.4 is 0 Å².